The van der Waals surface area contributed by atoms with E-state index in [-0.39, 0.29) is 11.8 Å². The summed E-state index contributed by atoms with van der Waals surface area (Å²) in [6.07, 6.45) is 2.29. The summed E-state index contributed by atoms with van der Waals surface area (Å²) >= 11 is 4.94. The quantitative estimate of drug-likeness (QED) is 0.618. The number of anilines is 1. The molecule has 1 aliphatic rings. The predicted octanol–water partition coefficient (Wildman–Crippen LogP) is 5.11. The Morgan fingerprint density at radius 1 is 1.37 bits per heavy atom. The van der Waals surface area contributed by atoms with Crippen molar-refractivity contribution in [1.82, 2.24) is 4.98 Å². The summed E-state index contributed by atoms with van der Waals surface area (Å²) in [6.45, 7) is 1.99. The van der Waals surface area contributed by atoms with E-state index < -0.39 is 5.41 Å². The maximum absolute atomic E-state index is 13.3. The zero-order chi connectivity index (χ0) is 19.0. The van der Waals surface area contributed by atoms with Gasteiger partial charge in [0.15, 0.2) is 5.13 Å². The largest absolute Gasteiger partial charge is 0.301 e. The van der Waals surface area contributed by atoms with Crippen molar-refractivity contribution in [2.75, 3.05) is 5.32 Å². The third kappa shape index (κ3) is 3.18. The van der Waals surface area contributed by atoms with Crippen LogP contribution < -0.4 is 5.32 Å². The molecule has 2 unspecified atom stereocenters. The first kappa shape index (κ1) is 17.9. The molecule has 0 aliphatic heterocycles. The van der Waals surface area contributed by atoms with Gasteiger partial charge >= 0.3 is 0 Å². The van der Waals surface area contributed by atoms with Crippen LogP contribution in [-0.4, -0.2) is 10.9 Å². The van der Waals surface area contributed by atoms with E-state index in [0.29, 0.717) is 17.1 Å². The number of hydrogen-bond acceptors (Lipinski definition) is 4. The van der Waals surface area contributed by atoms with Crippen molar-refractivity contribution < 1.29 is 4.79 Å². The average molecular weight is 438 g/mol. The topological polar surface area (TPSA) is 65.8 Å². The number of thiazole rings is 1. The Bertz CT molecular complexity index is 1060. The predicted molar refractivity (Wildman–Crippen MR) is 110 cm³/mol. The molecule has 1 aliphatic carbocycles. The van der Waals surface area contributed by atoms with Crippen LogP contribution in [0.2, 0.25) is 0 Å². The van der Waals surface area contributed by atoms with Crippen LogP contribution in [0.4, 0.5) is 5.13 Å². The van der Waals surface area contributed by atoms with Crippen LogP contribution in [0, 0.1) is 16.7 Å². The fraction of sp³-hybridized carbons (Fsp3) is 0.190. The van der Waals surface area contributed by atoms with E-state index in [9.17, 15) is 10.1 Å². The zero-order valence-electron chi connectivity index (χ0n) is 14.6. The molecule has 0 saturated carbocycles. The number of fused-ring (bicyclic) bond motifs is 1. The van der Waals surface area contributed by atoms with E-state index >= 15 is 0 Å². The van der Waals surface area contributed by atoms with Crippen LogP contribution in [0.15, 0.2) is 58.5 Å². The maximum Gasteiger partial charge on any atom is 0.233 e. The Morgan fingerprint density at radius 3 is 2.93 bits per heavy atom. The zero-order valence-corrected chi connectivity index (χ0v) is 17.0. The van der Waals surface area contributed by atoms with Crippen molar-refractivity contribution in [2.24, 2.45) is 5.41 Å². The summed E-state index contributed by atoms with van der Waals surface area (Å²) in [6, 6.07) is 16.0. The molecule has 2 aromatic carbocycles. The van der Waals surface area contributed by atoms with Crippen LogP contribution in [0.3, 0.4) is 0 Å². The van der Waals surface area contributed by atoms with Gasteiger partial charge in [-0.05, 0) is 54.3 Å². The molecule has 0 spiro atoms. The average Bonchev–Trinajstić information content (AvgIpc) is 3.26. The Kier molecular flexibility index (Phi) is 4.58. The van der Waals surface area contributed by atoms with E-state index in [0.717, 1.165) is 21.2 Å². The Balaban J connectivity index is 1.83. The van der Waals surface area contributed by atoms with Gasteiger partial charge in [0.25, 0.3) is 0 Å². The van der Waals surface area contributed by atoms with Gasteiger partial charge in [-0.2, -0.15) is 5.26 Å². The van der Waals surface area contributed by atoms with Crippen molar-refractivity contribution in [1.29, 1.82) is 5.26 Å². The number of nitriles is 1. The molecule has 4 rings (SSSR count). The fourth-order valence-electron chi connectivity index (χ4n) is 3.91. The number of hydrogen-bond donors (Lipinski definition) is 1. The number of aromatic nitrogens is 1. The number of nitrogens with zero attached hydrogens (tertiary/aromatic N) is 2. The molecule has 0 radical (unpaired) electrons. The van der Waals surface area contributed by atoms with Crippen molar-refractivity contribution in [3.8, 4) is 6.07 Å². The van der Waals surface area contributed by atoms with Gasteiger partial charge in [0, 0.05) is 22.0 Å². The minimum Gasteiger partial charge on any atom is -0.301 e. The summed E-state index contributed by atoms with van der Waals surface area (Å²) in [7, 11) is 0. The standard InChI is InChI=1S/C21H16BrN3OS/c1-21(19(26)25-20-24-7-8-27-20)11-15-6-5-13(12-23)9-17(15)18(21)14-3-2-4-16(22)10-14/h2-10,18H,11H2,1H3,(H,24,25,26). The summed E-state index contributed by atoms with van der Waals surface area (Å²) in [5.41, 5.74) is 3.14. The number of benzene rings is 2. The first-order chi connectivity index (χ1) is 13.0. The van der Waals surface area contributed by atoms with E-state index in [1.54, 1.807) is 6.20 Å². The molecule has 1 N–H and O–H groups in total. The van der Waals surface area contributed by atoms with Crippen LogP contribution in [-0.2, 0) is 11.2 Å². The SMILES string of the molecule is CC1(C(=O)Nc2nccs2)Cc2ccc(C#N)cc2C1c1cccc(Br)c1. The molecule has 3 aromatic rings. The van der Waals surface area contributed by atoms with Crippen molar-refractivity contribution >= 4 is 38.3 Å². The first-order valence-corrected chi connectivity index (χ1v) is 10.2. The lowest BCUT2D eigenvalue weighted by Crippen LogP contribution is -2.37. The van der Waals surface area contributed by atoms with Crippen LogP contribution in [0.25, 0.3) is 0 Å². The highest BCUT2D eigenvalue weighted by Crippen LogP contribution is 2.51. The highest BCUT2D eigenvalue weighted by Gasteiger charge is 2.49. The number of nitrogens with one attached hydrogen (secondary N) is 1. The van der Waals surface area contributed by atoms with E-state index in [1.807, 2.05) is 54.8 Å². The molecule has 0 bridgehead atoms. The molecule has 134 valence electrons. The van der Waals surface area contributed by atoms with Gasteiger partial charge in [-0.15, -0.1) is 11.3 Å². The number of amides is 1. The Morgan fingerprint density at radius 2 is 2.22 bits per heavy atom. The molecule has 2 atom stereocenters. The molecule has 1 amide bonds. The van der Waals surface area contributed by atoms with Crippen molar-refractivity contribution in [3.05, 3.63) is 80.8 Å². The summed E-state index contributed by atoms with van der Waals surface area (Å²) < 4.78 is 0.965. The Hall–Kier alpha value is -2.49. The van der Waals surface area contributed by atoms with Gasteiger partial charge in [0.1, 0.15) is 0 Å². The maximum atomic E-state index is 13.3. The smallest absolute Gasteiger partial charge is 0.233 e. The van der Waals surface area contributed by atoms with Gasteiger partial charge in [0.2, 0.25) is 5.91 Å². The number of halogens is 1. The second kappa shape index (κ2) is 6.91. The number of rotatable bonds is 3. The lowest BCUT2D eigenvalue weighted by atomic mass is 9.73. The lowest BCUT2D eigenvalue weighted by Gasteiger charge is -2.31. The minimum absolute atomic E-state index is 0.0582. The van der Waals surface area contributed by atoms with Crippen molar-refractivity contribution in [2.45, 2.75) is 19.3 Å². The summed E-state index contributed by atoms with van der Waals surface area (Å²) in [5, 5.41) is 14.8. The monoisotopic (exact) mass is 437 g/mol. The highest BCUT2D eigenvalue weighted by atomic mass is 79.9. The lowest BCUT2D eigenvalue weighted by molar-refractivity contribution is -0.125. The molecule has 1 aromatic heterocycles. The normalized spacial score (nSPS) is 20.7. The van der Waals surface area contributed by atoms with Gasteiger partial charge in [-0.25, -0.2) is 4.98 Å². The minimum atomic E-state index is -0.678. The van der Waals surface area contributed by atoms with Gasteiger partial charge in [-0.1, -0.05) is 34.1 Å². The summed E-state index contributed by atoms with van der Waals surface area (Å²) in [5.74, 6) is -0.199. The third-order valence-corrected chi connectivity index (χ3v) is 6.32. The number of carbonyl (C=O) groups is 1. The van der Waals surface area contributed by atoms with E-state index in [4.69, 9.17) is 0 Å². The fourth-order valence-corrected chi connectivity index (χ4v) is 4.85. The van der Waals surface area contributed by atoms with Crippen LogP contribution in [0.1, 0.15) is 35.1 Å². The molecule has 27 heavy (non-hydrogen) atoms. The van der Waals surface area contributed by atoms with Crippen molar-refractivity contribution in [3.63, 3.8) is 0 Å². The van der Waals surface area contributed by atoms with Crippen LogP contribution in [0.5, 0.6) is 0 Å². The Labute approximate surface area is 170 Å². The second-order valence-corrected chi connectivity index (χ2v) is 8.71. The molecular weight excluding hydrogens is 422 g/mol. The third-order valence-electron chi connectivity index (χ3n) is 5.13. The number of carbonyl (C=O) groups excluding carboxylic acids is 1. The van der Waals surface area contributed by atoms with E-state index in [1.165, 1.54) is 11.3 Å². The molecule has 0 fully saturated rings. The summed E-state index contributed by atoms with van der Waals surface area (Å²) in [4.78, 5) is 17.5. The van der Waals surface area contributed by atoms with Gasteiger partial charge in [-0.3, -0.25) is 4.79 Å². The van der Waals surface area contributed by atoms with Gasteiger partial charge in [0.05, 0.1) is 17.0 Å². The molecule has 0 saturated heterocycles. The second-order valence-electron chi connectivity index (χ2n) is 6.90. The van der Waals surface area contributed by atoms with E-state index in [2.05, 4.69) is 32.3 Å². The molecule has 4 nitrogen and oxygen atoms in total. The molecular formula is C21H16BrN3OS. The molecule has 1 heterocycles. The van der Waals surface area contributed by atoms with Crippen LogP contribution >= 0.6 is 27.3 Å². The molecule has 6 heteroatoms. The van der Waals surface area contributed by atoms with Gasteiger partial charge < -0.3 is 5.32 Å². The first-order valence-electron chi connectivity index (χ1n) is 8.50. The highest BCUT2D eigenvalue weighted by molar-refractivity contribution is 9.10.